The van der Waals surface area contributed by atoms with Crippen LogP contribution in [-0.2, 0) is 0 Å². The molecule has 0 radical (unpaired) electrons. The van der Waals surface area contributed by atoms with Gasteiger partial charge in [-0.25, -0.2) is 9.97 Å². The van der Waals surface area contributed by atoms with E-state index in [-0.39, 0.29) is 0 Å². The molecule has 0 amide bonds. The molecule has 0 spiro atoms. The van der Waals surface area contributed by atoms with E-state index >= 15 is 0 Å². The van der Waals surface area contributed by atoms with Crippen LogP contribution in [0.1, 0.15) is 30.9 Å². The highest BCUT2D eigenvalue weighted by atomic mass is 15.2. The SMILES string of the molecule is Cc1cccc(Nc2ncnc(N3CCCC(C)C3)c2N)c1C. The Morgan fingerprint density at radius 2 is 2.09 bits per heavy atom. The number of benzene rings is 1. The summed E-state index contributed by atoms with van der Waals surface area (Å²) in [5, 5.41) is 3.37. The molecule has 3 N–H and O–H groups in total. The molecule has 1 fully saturated rings. The molecule has 5 heteroatoms. The number of nitrogen functional groups attached to an aromatic ring is 1. The van der Waals surface area contributed by atoms with Gasteiger partial charge in [0.1, 0.15) is 12.0 Å². The molecule has 1 atom stereocenters. The van der Waals surface area contributed by atoms with E-state index < -0.39 is 0 Å². The van der Waals surface area contributed by atoms with Crippen LogP contribution in [-0.4, -0.2) is 23.1 Å². The van der Waals surface area contributed by atoms with Crippen molar-refractivity contribution in [3.05, 3.63) is 35.7 Å². The summed E-state index contributed by atoms with van der Waals surface area (Å²) in [7, 11) is 0. The van der Waals surface area contributed by atoms with Crippen molar-refractivity contribution in [3.8, 4) is 0 Å². The van der Waals surface area contributed by atoms with Gasteiger partial charge in [0.25, 0.3) is 0 Å². The third-order valence-electron chi connectivity index (χ3n) is 4.68. The van der Waals surface area contributed by atoms with E-state index in [9.17, 15) is 0 Å². The zero-order valence-corrected chi connectivity index (χ0v) is 14.1. The van der Waals surface area contributed by atoms with E-state index in [2.05, 4.69) is 47.0 Å². The first-order valence-corrected chi connectivity index (χ1v) is 8.25. The largest absolute Gasteiger partial charge is 0.393 e. The number of nitrogens with one attached hydrogen (secondary N) is 1. The molecule has 1 aromatic carbocycles. The Morgan fingerprint density at radius 1 is 1.26 bits per heavy atom. The zero-order valence-electron chi connectivity index (χ0n) is 14.1. The Balaban J connectivity index is 1.89. The predicted molar refractivity (Wildman–Crippen MR) is 96.3 cm³/mol. The minimum Gasteiger partial charge on any atom is -0.393 e. The minimum absolute atomic E-state index is 0.627. The number of anilines is 4. The Labute approximate surface area is 137 Å². The molecule has 1 unspecified atom stereocenters. The molecule has 2 heterocycles. The topological polar surface area (TPSA) is 67.1 Å². The lowest BCUT2D eigenvalue weighted by molar-refractivity contribution is 0.445. The van der Waals surface area contributed by atoms with Crippen LogP contribution in [0.4, 0.5) is 23.0 Å². The van der Waals surface area contributed by atoms with Crippen molar-refractivity contribution in [2.24, 2.45) is 5.92 Å². The van der Waals surface area contributed by atoms with E-state index in [0.717, 1.165) is 24.6 Å². The van der Waals surface area contributed by atoms with Crippen molar-refractivity contribution >= 4 is 23.0 Å². The highest BCUT2D eigenvalue weighted by Crippen LogP contribution is 2.32. The van der Waals surface area contributed by atoms with E-state index in [0.29, 0.717) is 17.4 Å². The second-order valence-electron chi connectivity index (χ2n) is 6.53. The Hall–Kier alpha value is -2.30. The van der Waals surface area contributed by atoms with Crippen LogP contribution in [0.2, 0.25) is 0 Å². The van der Waals surface area contributed by atoms with Gasteiger partial charge in [0.15, 0.2) is 11.6 Å². The Kier molecular flexibility index (Phi) is 4.37. The van der Waals surface area contributed by atoms with Gasteiger partial charge in [-0.2, -0.15) is 0 Å². The van der Waals surface area contributed by atoms with Crippen LogP contribution >= 0.6 is 0 Å². The number of hydrogen-bond donors (Lipinski definition) is 2. The fraction of sp³-hybridized carbons (Fsp3) is 0.444. The van der Waals surface area contributed by atoms with E-state index in [1.165, 1.54) is 24.0 Å². The number of aryl methyl sites for hydroxylation is 1. The van der Waals surface area contributed by atoms with Crippen molar-refractivity contribution in [3.63, 3.8) is 0 Å². The molecule has 122 valence electrons. The zero-order chi connectivity index (χ0) is 16.4. The van der Waals surface area contributed by atoms with E-state index in [1.807, 2.05) is 12.1 Å². The Bertz CT molecular complexity index is 698. The minimum atomic E-state index is 0.627. The molecule has 1 aliphatic heterocycles. The van der Waals surface area contributed by atoms with Gasteiger partial charge in [0.2, 0.25) is 0 Å². The molecular weight excluding hydrogens is 286 g/mol. The van der Waals surface area contributed by atoms with Crippen molar-refractivity contribution in [2.45, 2.75) is 33.6 Å². The molecule has 1 aromatic heterocycles. The monoisotopic (exact) mass is 311 g/mol. The van der Waals surface area contributed by atoms with Crippen LogP contribution in [0.15, 0.2) is 24.5 Å². The summed E-state index contributed by atoms with van der Waals surface area (Å²) in [5.41, 5.74) is 10.5. The van der Waals surface area contributed by atoms with Gasteiger partial charge < -0.3 is 16.0 Å². The maximum atomic E-state index is 6.37. The smallest absolute Gasteiger partial charge is 0.159 e. The molecule has 0 aliphatic carbocycles. The second-order valence-corrected chi connectivity index (χ2v) is 6.53. The fourth-order valence-corrected chi connectivity index (χ4v) is 3.13. The lowest BCUT2D eigenvalue weighted by atomic mass is 10.0. The molecule has 2 aromatic rings. The molecular formula is C18H25N5. The lowest BCUT2D eigenvalue weighted by Crippen LogP contribution is -2.35. The van der Waals surface area contributed by atoms with Gasteiger partial charge in [-0.1, -0.05) is 19.1 Å². The molecule has 1 aliphatic rings. The summed E-state index contributed by atoms with van der Waals surface area (Å²) >= 11 is 0. The summed E-state index contributed by atoms with van der Waals surface area (Å²) < 4.78 is 0. The van der Waals surface area contributed by atoms with Crippen LogP contribution < -0.4 is 16.0 Å². The average Bonchev–Trinajstić information content (AvgIpc) is 2.53. The maximum absolute atomic E-state index is 6.37. The number of piperidine rings is 1. The first-order valence-electron chi connectivity index (χ1n) is 8.25. The number of nitrogens with two attached hydrogens (primary N) is 1. The van der Waals surface area contributed by atoms with Gasteiger partial charge in [-0.3, -0.25) is 0 Å². The number of rotatable bonds is 3. The van der Waals surface area contributed by atoms with E-state index in [1.54, 1.807) is 6.33 Å². The van der Waals surface area contributed by atoms with Crippen molar-refractivity contribution in [1.82, 2.24) is 9.97 Å². The fourth-order valence-electron chi connectivity index (χ4n) is 3.13. The first-order chi connectivity index (χ1) is 11.1. The molecule has 5 nitrogen and oxygen atoms in total. The van der Waals surface area contributed by atoms with Crippen LogP contribution in [0.3, 0.4) is 0 Å². The first kappa shape index (κ1) is 15.6. The summed E-state index contributed by atoms with van der Waals surface area (Å²) in [6.45, 7) is 8.49. The number of aromatic nitrogens is 2. The van der Waals surface area contributed by atoms with Gasteiger partial charge >= 0.3 is 0 Å². The quantitative estimate of drug-likeness (QED) is 0.905. The number of hydrogen-bond acceptors (Lipinski definition) is 5. The maximum Gasteiger partial charge on any atom is 0.159 e. The van der Waals surface area contributed by atoms with Gasteiger partial charge in [0, 0.05) is 18.8 Å². The lowest BCUT2D eigenvalue weighted by Gasteiger charge is -2.32. The van der Waals surface area contributed by atoms with Gasteiger partial charge in [-0.15, -0.1) is 0 Å². The highest BCUT2D eigenvalue weighted by Gasteiger charge is 2.21. The highest BCUT2D eigenvalue weighted by molar-refractivity contribution is 5.79. The van der Waals surface area contributed by atoms with Crippen LogP contribution in [0.5, 0.6) is 0 Å². The van der Waals surface area contributed by atoms with Crippen LogP contribution in [0, 0.1) is 19.8 Å². The molecule has 23 heavy (non-hydrogen) atoms. The average molecular weight is 311 g/mol. The summed E-state index contributed by atoms with van der Waals surface area (Å²) in [6.07, 6.45) is 4.05. The van der Waals surface area contributed by atoms with Crippen molar-refractivity contribution in [2.75, 3.05) is 29.0 Å². The molecule has 0 saturated carbocycles. The van der Waals surface area contributed by atoms with Crippen molar-refractivity contribution < 1.29 is 0 Å². The normalized spacial score (nSPS) is 18.0. The Morgan fingerprint density at radius 3 is 2.87 bits per heavy atom. The molecule has 3 rings (SSSR count). The number of nitrogens with zero attached hydrogens (tertiary/aromatic N) is 3. The summed E-state index contributed by atoms with van der Waals surface area (Å²) in [4.78, 5) is 11.1. The van der Waals surface area contributed by atoms with Crippen LogP contribution in [0.25, 0.3) is 0 Å². The van der Waals surface area contributed by atoms with Gasteiger partial charge in [-0.05, 0) is 49.8 Å². The summed E-state index contributed by atoms with van der Waals surface area (Å²) in [5.74, 6) is 2.20. The standard InChI is InChI=1S/C18H25N5/c1-12-6-5-9-23(10-12)18-16(19)17(20-11-21-18)22-15-8-4-7-13(2)14(15)3/h4,7-8,11-12H,5-6,9-10,19H2,1-3H3,(H,20,21,22). The third kappa shape index (κ3) is 3.23. The van der Waals surface area contributed by atoms with Gasteiger partial charge in [0.05, 0.1) is 0 Å². The summed E-state index contributed by atoms with van der Waals surface area (Å²) in [6, 6.07) is 6.19. The molecule has 1 saturated heterocycles. The third-order valence-corrected chi connectivity index (χ3v) is 4.68. The van der Waals surface area contributed by atoms with Crippen molar-refractivity contribution in [1.29, 1.82) is 0 Å². The predicted octanol–water partition coefficient (Wildman–Crippen LogP) is 3.66. The molecule has 0 bridgehead atoms. The second kappa shape index (κ2) is 6.44. The van der Waals surface area contributed by atoms with E-state index in [4.69, 9.17) is 5.73 Å².